The fourth-order valence-electron chi connectivity index (χ4n) is 2.58. The molecule has 0 amide bonds. The SMILES string of the molecule is COc1cc2sc(C(=O)CCC(=O)OC(C)(C)C)cc2cc1CCC=O. The van der Waals surface area contributed by atoms with E-state index in [0.717, 1.165) is 21.9 Å². The van der Waals surface area contributed by atoms with Crippen molar-refractivity contribution in [3.05, 3.63) is 28.6 Å². The molecule has 1 aromatic carbocycles. The van der Waals surface area contributed by atoms with Crippen molar-refractivity contribution in [3.8, 4) is 5.75 Å². The Hall–Kier alpha value is -2.21. The third kappa shape index (κ3) is 5.39. The van der Waals surface area contributed by atoms with Crippen LogP contribution in [0.25, 0.3) is 10.1 Å². The first kappa shape index (κ1) is 20.1. The summed E-state index contributed by atoms with van der Waals surface area (Å²) in [5.74, 6) is 0.268. The molecule has 0 N–H and O–H groups in total. The van der Waals surface area contributed by atoms with Gasteiger partial charge in [-0.25, -0.2) is 0 Å². The van der Waals surface area contributed by atoms with E-state index >= 15 is 0 Å². The third-order valence-electron chi connectivity index (χ3n) is 3.70. The lowest BCUT2D eigenvalue weighted by Crippen LogP contribution is -2.24. The molecule has 2 rings (SSSR count). The fourth-order valence-corrected chi connectivity index (χ4v) is 3.62. The molecule has 140 valence electrons. The quantitative estimate of drug-likeness (QED) is 0.389. The first-order valence-electron chi connectivity index (χ1n) is 8.52. The third-order valence-corrected chi connectivity index (χ3v) is 4.84. The predicted octanol–water partition coefficient (Wildman–Crippen LogP) is 4.35. The zero-order valence-electron chi connectivity index (χ0n) is 15.6. The second kappa shape index (κ2) is 8.45. The normalized spacial score (nSPS) is 11.4. The molecule has 0 atom stereocenters. The second-order valence-electron chi connectivity index (χ2n) is 7.03. The van der Waals surface area contributed by atoms with Crippen molar-refractivity contribution >= 4 is 39.5 Å². The van der Waals surface area contributed by atoms with E-state index in [-0.39, 0.29) is 24.6 Å². The van der Waals surface area contributed by atoms with Gasteiger partial charge in [-0.05, 0) is 56.3 Å². The molecule has 0 saturated heterocycles. The number of aryl methyl sites for hydroxylation is 1. The minimum absolute atomic E-state index is 0.0677. The molecule has 2 aromatic rings. The van der Waals surface area contributed by atoms with Crippen molar-refractivity contribution < 1.29 is 23.9 Å². The Morgan fingerprint density at radius 1 is 1.15 bits per heavy atom. The zero-order valence-corrected chi connectivity index (χ0v) is 16.4. The van der Waals surface area contributed by atoms with Crippen molar-refractivity contribution in [1.29, 1.82) is 0 Å². The molecule has 0 bridgehead atoms. The maximum atomic E-state index is 12.4. The molecule has 0 unspecified atom stereocenters. The van der Waals surface area contributed by atoms with Crippen LogP contribution in [0.4, 0.5) is 0 Å². The van der Waals surface area contributed by atoms with Crippen LogP contribution in [0.1, 0.15) is 55.3 Å². The summed E-state index contributed by atoms with van der Waals surface area (Å²) in [6.45, 7) is 5.40. The molecule has 5 nitrogen and oxygen atoms in total. The molecule has 0 fully saturated rings. The minimum atomic E-state index is -0.549. The van der Waals surface area contributed by atoms with Crippen LogP contribution in [0.5, 0.6) is 5.75 Å². The number of hydrogen-bond acceptors (Lipinski definition) is 6. The largest absolute Gasteiger partial charge is 0.496 e. The molecule has 1 aromatic heterocycles. The summed E-state index contributed by atoms with van der Waals surface area (Å²) < 4.78 is 11.6. The van der Waals surface area contributed by atoms with E-state index in [1.165, 1.54) is 11.3 Å². The summed E-state index contributed by atoms with van der Waals surface area (Å²) in [5.41, 5.74) is 0.393. The van der Waals surface area contributed by atoms with Crippen LogP contribution in [0.2, 0.25) is 0 Å². The Kier molecular flexibility index (Phi) is 6.53. The molecule has 1 heterocycles. The van der Waals surface area contributed by atoms with Crippen LogP contribution in [-0.2, 0) is 20.7 Å². The summed E-state index contributed by atoms with van der Waals surface area (Å²) >= 11 is 1.38. The van der Waals surface area contributed by atoms with Gasteiger partial charge in [0.05, 0.1) is 18.4 Å². The lowest BCUT2D eigenvalue weighted by atomic mass is 10.1. The number of hydrogen-bond donors (Lipinski definition) is 0. The van der Waals surface area contributed by atoms with E-state index in [4.69, 9.17) is 9.47 Å². The van der Waals surface area contributed by atoms with Crippen LogP contribution in [0.15, 0.2) is 18.2 Å². The Morgan fingerprint density at radius 2 is 1.88 bits per heavy atom. The number of aldehydes is 1. The summed E-state index contributed by atoms with van der Waals surface area (Å²) in [5, 5.41) is 0.942. The first-order valence-corrected chi connectivity index (χ1v) is 9.34. The number of ether oxygens (including phenoxy) is 2. The number of benzene rings is 1. The number of rotatable bonds is 8. The first-order chi connectivity index (χ1) is 12.2. The average molecular weight is 376 g/mol. The van der Waals surface area contributed by atoms with Crippen LogP contribution in [0, 0.1) is 0 Å². The molecule has 0 saturated carbocycles. The lowest BCUT2D eigenvalue weighted by Gasteiger charge is -2.19. The van der Waals surface area contributed by atoms with Gasteiger partial charge in [0.1, 0.15) is 17.6 Å². The van der Waals surface area contributed by atoms with Crippen LogP contribution >= 0.6 is 11.3 Å². The number of carbonyl (C=O) groups is 3. The standard InChI is InChI=1S/C20H24O5S/c1-20(2,3)25-19(23)8-7-15(22)18-11-14-10-13(6-5-9-21)16(24-4)12-17(14)26-18/h9-12H,5-8H2,1-4H3. The number of fused-ring (bicyclic) bond motifs is 1. The number of thiophene rings is 1. The van der Waals surface area contributed by atoms with Crippen molar-refractivity contribution in [3.63, 3.8) is 0 Å². The van der Waals surface area contributed by atoms with Crippen molar-refractivity contribution in [2.24, 2.45) is 0 Å². The highest BCUT2D eigenvalue weighted by Gasteiger charge is 2.19. The van der Waals surface area contributed by atoms with Crippen molar-refractivity contribution in [1.82, 2.24) is 0 Å². The van der Waals surface area contributed by atoms with Gasteiger partial charge >= 0.3 is 5.97 Å². The molecule has 0 aliphatic carbocycles. The summed E-state index contributed by atoms with van der Waals surface area (Å²) in [4.78, 5) is 35.4. The number of esters is 1. The molecule has 26 heavy (non-hydrogen) atoms. The van der Waals surface area contributed by atoms with Gasteiger partial charge in [0.2, 0.25) is 0 Å². The van der Waals surface area contributed by atoms with Gasteiger partial charge in [0.25, 0.3) is 0 Å². The predicted molar refractivity (Wildman–Crippen MR) is 102 cm³/mol. The summed E-state index contributed by atoms with van der Waals surface area (Å²) in [6.07, 6.45) is 2.09. The number of methoxy groups -OCH3 is 1. The van der Waals surface area contributed by atoms with E-state index in [1.54, 1.807) is 27.9 Å². The van der Waals surface area contributed by atoms with Gasteiger partial charge in [0, 0.05) is 17.5 Å². The Balaban J connectivity index is 2.13. The Morgan fingerprint density at radius 3 is 2.50 bits per heavy atom. The van der Waals surface area contributed by atoms with Gasteiger partial charge in [-0.3, -0.25) is 9.59 Å². The second-order valence-corrected chi connectivity index (χ2v) is 8.11. The fraction of sp³-hybridized carbons (Fsp3) is 0.450. The zero-order chi connectivity index (χ0) is 19.3. The van der Waals surface area contributed by atoms with Crippen molar-refractivity contribution in [2.75, 3.05) is 7.11 Å². The molecule has 6 heteroatoms. The van der Waals surface area contributed by atoms with E-state index in [9.17, 15) is 14.4 Å². The van der Waals surface area contributed by atoms with E-state index < -0.39 is 5.60 Å². The highest BCUT2D eigenvalue weighted by atomic mass is 32.1. The van der Waals surface area contributed by atoms with Crippen LogP contribution in [0.3, 0.4) is 0 Å². The van der Waals surface area contributed by atoms with E-state index in [2.05, 4.69) is 0 Å². The molecular formula is C20H24O5S. The molecule has 0 aliphatic heterocycles. The average Bonchev–Trinajstić information content (AvgIpc) is 2.98. The topological polar surface area (TPSA) is 69.7 Å². The van der Waals surface area contributed by atoms with Gasteiger partial charge in [0.15, 0.2) is 5.78 Å². The Labute approximate surface area is 157 Å². The molecular weight excluding hydrogens is 352 g/mol. The van der Waals surface area contributed by atoms with Gasteiger partial charge in [-0.1, -0.05) is 0 Å². The highest BCUT2D eigenvalue weighted by Crippen LogP contribution is 2.33. The molecule has 0 spiro atoms. The molecule has 0 radical (unpaired) electrons. The smallest absolute Gasteiger partial charge is 0.306 e. The summed E-state index contributed by atoms with van der Waals surface area (Å²) in [7, 11) is 1.59. The number of ketones is 1. The van der Waals surface area contributed by atoms with Gasteiger partial charge in [-0.15, -0.1) is 11.3 Å². The lowest BCUT2D eigenvalue weighted by molar-refractivity contribution is -0.154. The molecule has 0 aliphatic rings. The highest BCUT2D eigenvalue weighted by molar-refractivity contribution is 7.20. The van der Waals surface area contributed by atoms with Gasteiger partial charge < -0.3 is 14.3 Å². The number of carbonyl (C=O) groups excluding carboxylic acids is 3. The van der Waals surface area contributed by atoms with Crippen molar-refractivity contribution in [2.45, 2.75) is 52.1 Å². The van der Waals surface area contributed by atoms with E-state index in [0.29, 0.717) is 23.5 Å². The monoisotopic (exact) mass is 376 g/mol. The van der Waals surface area contributed by atoms with Crippen LogP contribution < -0.4 is 4.74 Å². The van der Waals surface area contributed by atoms with E-state index in [1.807, 2.05) is 18.2 Å². The summed E-state index contributed by atoms with van der Waals surface area (Å²) in [6, 6.07) is 5.69. The Bertz CT molecular complexity index is 813. The maximum absolute atomic E-state index is 12.4. The minimum Gasteiger partial charge on any atom is -0.496 e. The number of Topliss-reactive ketones (excluding diaryl/α,β-unsaturated/α-hetero) is 1. The maximum Gasteiger partial charge on any atom is 0.306 e. The van der Waals surface area contributed by atoms with Gasteiger partial charge in [-0.2, -0.15) is 0 Å². The van der Waals surface area contributed by atoms with Crippen LogP contribution in [-0.4, -0.2) is 30.7 Å².